The highest BCUT2D eigenvalue weighted by atomic mass is 32.2. The Labute approximate surface area is 144 Å². The standard InChI is InChI=1S/C19H16N2O2S/c1-13-16(19(22)23)18(24-12-14-8-4-2-5-9-14)21-17(20-13)15-10-6-3-7-11-15/h2-11H,12H2,1H3,(H,22,23). The van der Waals surface area contributed by atoms with Crippen molar-refractivity contribution in [1.82, 2.24) is 9.97 Å². The van der Waals surface area contributed by atoms with E-state index in [-0.39, 0.29) is 5.56 Å². The third-order valence-electron chi connectivity index (χ3n) is 3.52. The molecule has 4 nitrogen and oxygen atoms in total. The van der Waals surface area contributed by atoms with Gasteiger partial charge in [-0.2, -0.15) is 0 Å². The Morgan fingerprint density at radius 2 is 1.62 bits per heavy atom. The predicted molar refractivity (Wildman–Crippen MR) is 95.2 cm³/mol. The topological polar surface area (TPSA) is 63.1 Å². The first-order valence-electron chi connectivity index (χ1n) is 7.49. The lowest BCUT2D eigenvalue weighted by Gasteiger charge is -2.10. The van der Waals surface area contributed by atoms with Crippen LogP contribution in [-0.2, 0) is 5.75 Å². The molecule has 0 aliphatic heterocycles. The van der Waals surface area contributed by atoms with Crippen molar-refractivity contribution in [2.24, 2.45) is 0 Å². The third kappa shape index (κ3) is 3.63. The maximum atomic E-state index is 11.6. The molecular weight excluding hydrogens is 320 g/mol. The second kappa shape index (κ2) is 7.27. The highest BCUT2D eigenvalue weighted by Gasteiger charge is 2.19. The molecule has 0 aliphatic carbocycles. The number of aromatic carboxylic acids is 1. The van der Waals surface area contributed by atoms with Gasteiger partial charge in [0.2, 0.25) is 0 Å². The summed E-state index contributed by atoms with van der Waals surface area (Å²) in [5.74, 6) is 0.211. The van der Waals surface area contributed by atoms with Crippen LogP contribution in [0.4, 0.5) is 0 Å². The van der Waals surface area contributed by atoms with Gasteiger partial charge in [0.25, 0.3) is 0 Å². The normalized spacial score (nSPS) is 10.5. The lowest BCUT2D eigenvalue weighted by atomic mass is 10.2. The number of aryl methyl sites for hydroxylation is 1. The monoisotopic (exact) mass is 336 g/mol. The van der Waals surface area contributed by atoms with Crippen molar-refractivity contribution in [2.75, 3.05) is 0 Å². The number of rotatable bonds is 5. The molecule has 0 saturated heterocycles. The molecule has 0 saturated carbocycles. The van der Waals surface area contributed by atoms with Gasteiger partial charge in [-0.05, 0) is 12.5 Å². The molecule has 0 spiro atoms. The van der Waals surface area contributed by atoms with Crippen LogP contribution in [0, 0.1) is 6.92 Å². The molecular formula is C19H16N2O2S. The summed E-state index contributed by atoms with van der Waals surface area (Å²) in [6.45, 7) is 1.71. The molecule has 0 atom stereocenters. The molecule has 3 rings (SSSR count). The van der Waals surface area contributed by atoms with Crippen LogP contribution >= 0.6 is 11.8 Å². The van der Waals surface area contributed by atoms with E-state index in [0.29, 0.717) is 22.3 Å². The second-order valence-corrected chi connectivity index (χ2v) is 6.22. The van der Waals surface area contributed by atoms with Crippen molar-refractivity contribution in [2.45, 2.75) is 17.7 Å². The van der Waals surface area contributed by atoms with Crippen LogP contribution in [0.3, 0.4) is 0 Å². The molecule has 0 amide bonds. The molecule has 5 heteroatoms. The molecule has 24 heavy (non-hydrogen) atoms. The van der Waals surface area contributed by atoms with Gasteiger partial charge in [0.1, 0.15) is 10.6 Å². The highest BCUT2D eigenvalue weighted by Crippen LogP contribution is 2.28. The summed E-state index contributed by atoms with van der Waals surface area (Å²) in [6, 6.07) is 19.5. The third-order valence-corrected chi connectivity index (χ3v) is 4.57. The quantitative estimate of drug-likeness (QED) is 0.551. The Hall–Kier alpha value is -2.66. The van der Waals surface area contributed by atoms with E-state index in [1.54, 1.807) is 6.92 Å². The maximum absolute atomic E-state index is 11.6. The number of nitrogens with zero attached hydrogens (tertiary/aromatic N) is 2. The zero-order valence-electron chi connectivity index (χ0n) is 13.1. The summed E-state index contributed by atoms with van der Waals surface area (Å²) in [5, 5.41) is 10.0. The average molecular weight is 336 g/mol. The van der Waals surface area contributed by atoms with E-state index in [9.17, 15) is 9.90 Å². The van der Waals surface area contributed by atoms with E-state index < -0.39 is 5.97 Å². The molecule has 0 unspecified atom stereocenters. The molecule has 120 valence electrons. The van der Waals surface area contributed by atoms with E-state index in [1.165, 1.54) is 11.8 Å². The lowest BCUT2D eigenvalue weighted by Crippen LogP contribution is -2.08. The van der Waals surface area contributed by atoms with Gasteiger partial charge in [0.05, 0.1) is 5.69 Å². The number of hydrogen-bond acceptors (Lipinski definition) is 4. The average Bonchev–Trinajstić information content (AvgIpc) is 2.60. The largest absolute Gasteiger partial charge is 0.478 e. The number of carboxylic acid groups (broad SMARTS) is 1. The summed E-state index contributed by atoms with van der Waals surface area (Å²) in [7, 11) is 0. The van der Waals surface area contributed by atoms with Gasteiger partial charge in [-0.15, -0.1) is 11.8 Å². The molecule has 1 aromatic heterocycles. The van der Waals surface area contributed by atoms with Crippen LogP contribution in [0.2, 0.25) is 0 Å². The minimum Gasteiger partial charge on any atom is -0.478 e. The molecule has 0 radical (unpaired) electrons. The van der Waals surface area contributed by atoms with E-state index >= 15 is 0 Å². The number of carboxylic acids is 1. The zero-order valence-corrected chi connectivity index (χ0v) is 14.0. The number of hydrogen-bond donors (Lipinski definition) is 1. The minimum atomic E-state index is -0.998. The number of benzene rings is 2. The van der Waals surface area contributed by atoms with Crippen molar-refractivity contribution < 1.29 is 9.90 Å². The van der Waals surface area contributed by atoms with E-state index in [0.717, 1.165) is 11.1 Å². The Bertz CT molecular complexity index is 852. The van der Waals surface area contributed by atoms with Crippen LogP contribution in [-0.4, -0.2) is 21.0 Å². The summed E-state index contributed by atoms with van der Waals surface area (Å²) >= 11 is 1.42. The number of thioether (sulfide) groups is 1. The fourth-order valence-electron chi connectivity index (χ4n) is 2.34. The zero-order chi connectivity index (χ0) is 16.9. The molecule has 0 fully saturated rings. The van der Waals surface area contributed by atoms with Crippen LogP contribution in [0.15, 0.2) is 65.7 Å². The highest BCUT2D eigenvalue weighted by molar-refractivity contribution is 7.98. The SMILES string of the molecule is Cc1nc(-c2ccccc2)nc(SCc2ccccc2)c1C(=O)O. The van der Waals surface area contributed by atoms with Crippen molar-refractivity contribution in [3.8, 4) is 11.4 Å². The van der Waals surface area contributed by atoms with Crippen LogP contribution in [0.1, 0.15) is 21.6 Å². The Morgan fingerprint density at radius 1 is 1.00 bits per heavy atom. The predicted octanol–water partition coefficient (Wildman–Crippen LogP) is 4.44. The van der Waals surface area contributed by atoms with Crippen molar-refractivity contribution in [1.29, 1.82) is 0 Å². The summed E-state index contributed by atoms with van der Waals surface area (Å²) < 4.78 is 0. The van der Waals surface area contributed by atoms with Gasteiger partial charge in [0.15, 0.2) is 5.82 Å². The van der Waals surface area contributed by atoms with Gasteiger partial charge in [-0.25, -0.2) is 14.8 Å². The first kappa shape index (κ1) is 16.2. The Balaban J connectivity index is 1.98. The lowest BCUT2D eigenvalue weighted by molar-refractivity contribution is 0.0690. The Morgan fingerprint density at radius 3 is 2.25 bits per heavy atom. The van der Waals surface area contributed by atoms with Crippen LogP contribution in [0.25, 0.3) is 11.4 Å². The van der Waals surface area contributed by atoms with E-state index in [1.807, 2.05) is 60.7 Å². The smallest absolute Gasteiger partial charge is 0.340 e. The second-order valence-electron chi connectivity index (χ2n) is 5.26. The minimum absolute atomic E-state index is 0.176. The van der Waals surface area contributed by atoms with Crippen molar-refractivity contribution in [3.63, 3.8) is 0 Å². The summed E-state index contributed by atoms with van der Waals surface area (Å²) in [5.41, 5.74) is 2.65. The summed E-state index contributed by atoms with van der Waals surface area (Å²) in [4.78, 5) is 20.5. The van der Waals surface area contributed by atoms with E-state index in [4.69, 9.17) is 0 Å². The van der Waals surface area contributed by atoms with Gasteiger partial charge < -0.3 is 5.11 Å². The van der Waals surface area contributed by atoms with Crippen LogP contribution < -0.4 is 0 Å². The molecule has 1 N–H and O–H groups in total. The van der Waals surface area contributed by atoms with Gasteiger partial charge >= 0.3 is 5.97 Å². The first-order valence-corrected chi connectivity index (χ1v) is 8.48. The molecule has 2 aromatic carbocycles. The van der Waals surface area contributed by atoms with Crippen LogP contribution in [0.5, 0.6) is 0 Å². The van der Waals surface area contributed by atoms with E-state index in [2.05, 4.69) is 9.97 Å². The molecule has 0 aliphatic rings. The molecule has 1 heterocycles. The fraction of sp³-hybridized carbons (Fsp3) is 0.105. The maximum Gasteiger partial charge on any atom is 0.340 e. The number of carbonyl (C=O) groups is 1. The number of aromatic nitrogens is 2. The molecule has 3 aromatic rings. The first-order chi connectivity index (χ1) is 11.6. The van der Waals surface area contributed by atoms with Gasteiger partial charge in [-0.1, -0.05) is 60.7 Å². The Kier molecular flexibility index (Phi) is 4.91. The van der Waals surface area contributed by atoms with Crippen molar-refractivity contribution in [3.05, 3.63) is 77.5 Å². The molecule has 0 bridgehead atoms. The fourth-order valence-corrected chi connectivity index (χ4v) is 3.37. The van der Waals surface area contributed by atoms with Gasteiger partial charge in [-0.3, -0.25) is 0 Å². The van der Waals surface area contributed by atoms with Gasteiger partial charge in [0, 0.05) is 11.3 Å². The summed E-state index contributed by atoms with van der Waals surface area (Å²) in [6.07, 6.45) is 0. The van der Waals surface area contributed by atoms with Crippen molar-refractivity contribution >= 4 is 17.7 Å².